The van der Waals surface area contributed by atoms with E-state index in [1.165, 1.54) is 18.2 Å². The number of hydrogen-bond acceptors (Lipinski definition) is 5. The molecule has 0 radical (unpaired) electrons. The molecule has 5 nitrogen and oxygen atoms in total. The molecule has 0 fully saturated rings. The maximum atomic E-state index is 11.4. The Morgan fingerprint density at radius 1 is 1.44 bits per heavy atom. The average Bonchev–Trinajstić information content (AvgIpc) is 2.27. The van der Waals surface area contributed by atoms with Gasteiger partial charge in [-0.05, 0) is 37.1 Å². The third-order valence-corrected chi connectivity index (χ3v) is 3.58. The molecule has 0 amide bonds. The summed E-state index contributed by atoms with van der Waals surface area (Å²) >= 11 is 0. The monoisotopic (exact) mass is 272 g/mol. The van der Waals surface area contributed by atoms with Gasteiger partial charge in [-0.2, -0.15) is 0 Å². The van der Waals surface area contributed by atoms with Crippen molar-refractivity contribution in [3.05, 3.63) is 29.3 Å². The van der Waals surface area contributed by atoms with Gasteiger partial charge >= 0.3 is 5.97 Å². The molecule has 0 spiro atoms. The summed E-state index contributed by atoms with van der Waals surface area (Å²) in [5.74, 6) is -0.743. The quantitative estimate of drug-likeness (QED) is 0.827. The first-order valence-corrected chi connectivity index (χ1v) is 7.31. The molecule has 0 aliphatic carbocycles. The first-order valence-electron chi connectivity index (χ1n) is 5.42. The van der Waals surface area contributed by atoms with Crippen molar-refractivity contribution in [1.82, 2.24) is 0 Å². The zero-order valence-corrected chi connectivity index (χ0v) is 11.3. The minimum Gasteiger partial charge on any atom is -0.464 e. The number of carbonyl (C=O) groups is 1. The molecule has 100 valence electrons. The first-order chi connectivity index (χ1) is 8.27. The molecule has 1 unspecified atom stereocenters. The standard InChI is InChI=1S/C12H16O5S/c1-4-17-12(14)11(13)10-6-5-9(7-8(10)2)18(3,15)16/h5-7,11,13H,4H2,1-3H3. The van der Waals surface area contributed by atoms with E-state index < -0.39 is 21.9 Å². The van der Waals surface area contributed by atoms with Crippen LogP contribution in [0, 0.1) is 6.92 Å². The molecule has 1 aromatic rings. The number of aryl methyl sites for hydroxylation is 1. The van der Waals surface area contributed by atoms with Crippen molar-refractivity contribution < 1.29 is 23.1 Å². The number of benzene rings is 1. The second kappa shape index (κ2) is 5.49. The third-order valence-electron chi connectivity index (χ3n) is 2.47. The molecular weight excluding hydrogens is 256 g/mol. The molecule has 0 aliphatic rings. The minimum atomic E-state index is -3.30. The fraction of sp³-hybridized carbons (Fsp3) is 0.417. The highest BCUT2D eigenvalue weighted by molar-refractivity contribution is 7.90. The van der Waals surface area contributed by atoms with Crippen molar-refractivity contribution in [2.45, 2.75) is 24.8 Å². The Bertz CT molecular complexity index is 548. The lowest BCUT2D eigenvalue weighted by molar-refractivity contribution is -0.153. The van der Waals surface area contributed by atoms with Gasteiger partial charge in [0, 0.05) is 6.26 Å². The van der Waals surface area contributed by atoms with E-state index in [0.29, 0.717) is 11.1 Å². The average molecular weight is 272 g/mol. The topological polar surface area (TPSA) is 80.7 Å². The molecule has 0 saturated heterocycles. The summed E-state index contributed by atoms with van der Waals surface area (Å²) in [6, 6.07) is 4.21. The Hall–Kier alpha value is -1.40. The van der Waals surface area contributed by atoms with Crippen molar-refractivity contribution in [3.63, 3.8) is 0 Å². The number of esters is 1. The molecule has 0 saturated carbocycles. The number of sulfone groups is 1. The highest BCUT2D eigenvalue weighted by atomic mass is 32.2. The number of aliphatic hydroxyl groups is 1. The SMILES string of the molecule is CCOC(=O)C(O)c1ccc(S(C)(=O)=O)cc1C. The second-order valence-electron chi connectivity index (χ2n) is 3.95. The van der Waals surface area contributed by atoms with Crippen LogP contribution in [0.5, 0.6) is 0 Å². The summed E-state index contributed by atoms with van der Waals surface area (Å²) in [6.07, 6.45) is -0.290. The zero-order chi connectivity index (χ0) is 13.9. The molecule has 1 N–H and O–H groups in total. The van der Waals surface area contributed by atoms with Crippen LogP contribution >= 0.6 is 0 Å². The van der Waals surface area contributed by atoms with Gasteiger partial charge in [0.15, 0.2) is 15.9 Å². The summed E-state index contributed by atoms with van der Waals surface area (Å²) in [6.45, 7) is 3.45. The van der Waals surface area contributed by atoms with Crippen LogP contribution in [0.3, 0.4) is 0 Å². The van der Waals surface area contributed by atoms with Gasteiger partial charge in [-0.3, -0.25) is 0 Å². The van der Waals surface area contributed by atoms with Gasteiger partial charge in [0.25, 0.3) is 0 Å². The molecule has 1 atom stereocenters. The van der Waals surface area contributed by atoms with Crippen LogP contribution in [0.25, 0.3) is 0 Å². The highest BCUT2D eigenvalue weighted by Crippen LogP contribution is 2.22. The lowest BCUT2D eigenvalue weighted by atomic mass is 10.0. The Kier molecular flexibility index (Phi) is 4.48. The summed E-state index contributed by atoms with van der Waals surface area (Å²) in [5, 5.41) is 9.77. The predicted octanol–water partition coefficient (Wildman–Crippen LogP) is 0.995. The van der Waals surface area contributed by atoms with E-state index in [9.17, 15) is 18.3 Å². The van der Waals surface area contributed by atoms with E-state index in [2.05, 4.69) is 0 Å². The van der Waals surface area contributed by atoms with Crippen LogP contribution < -0.4 is 0 Å². The van der Waals surface area contributed by atoms with Gasteiger partial charge in [0.05, 0.1) is 11.5 Å². The number of carbonyl (C=O) groups excluding carboxylic acids is 1. The number of aliphatic hydroxyl groups excluding tert-OH is 1. The summed E-state index contributed by atoms with van der Waals surface area (Å²) in [4.78, 5) is 11.5. The summed E-state index contributed by atoms with van der Waals surface area (Å²) in [5.41, 5.74) is 0.874. The van der Waals surface area contributed by atoms with E-state index in [4.69, 9.17) is 4.74 Å². The molecule has 18 heavy (non-hydrogen) atoms. The van der Waals surface area contributed by atoms with E-state index in [-0.39, 0.29) is 11.5 Å². The number of ether oxygens (including phenoxy) is 1. The van der Waals surface area contributed by atoms with Gasteiger partial charge in [0.2, 0.25) is 0 Å². The fourth-order valence-corrected chi connectivity index (χ4v) is 2.24. The van der Waals surface area contributed by atoms with E-state index in [1.54, 1.807) is 13.8 Å². The van der Waals surface area contributed by atoms with E-state index in [0.717, 1.165) is 6.26 Å². The van der Waals surface area contributed by atoms with Crippen LogP contribution in [0.2, 0.25) is 0 Å². The molecule has 0 heterocycles. The molecule has 1 rings (SSSR count). The zero-order valence-electron chi connectivity index (χ0n) is 10.5. The molecule has 1 aromatic carbocycles. The minimum absolute atomic E-state index is 0.153. The maximum Gasteiger partial charge on any atom is 0.339 e. The van der Waals surface area contributed by atoms with Crippen molar-refractivity contribution in [2.24, 2.45) is 0 Å². The normalized spacial score (nSPS) is 13.1. The van der Waals surface area contributed by atoms with Crippen LogP contribution in [-0.2, 0) is 19.4 Å². The number of hydrogen-bond donors (Lipinski definition) is 1. The maximum absolute atomic E-state index is 11.4. The van der Waals surface area contributed by atoms with Gasteiger partial charge in [-0.25, -0.2) is 13.2 Å². The predicted molar refractivity (Wildman–Crippen MR) is 65.9 cm³/mol. The summed E-state index contributed by atoms with van der Waals surface area (Å²) in [7, 11) is -3.30. The van der Waals surface area contributed by atoms with Gasteiger partial charge < -0.3 is 9.84 Å². The van der Waals surface area contributed by atoms with Gasteiger partial charge in [-0.1, -0.05) is 6.07 Å². The highest BCUT2D eigenvalue weighted by Gasteiger charge is 2.21. The molecule has 6 heteroatoms. The van der Waals surface area contributed by atoms with Crippen molar-refractivity contribution in [3.8, 4) is 0 Å². The van der Waals surface area contributed by atoms with E-state index >= 15 is 0 Å². The van der Waals surface area contributed by atoms with Crippen LogP contribution in [-0.4, -0.2) is 32.4 Å². The first kappa shape index (κ1) is 14.7. The third kappa shape index (κ3) is 3.30. The Morgan fingerprint density at radius 3 is 2.50 bits per heavy atom. The Labute approximate surface area is 106 Å². The second-order valence-corrected chi connectivity index (χ2v) is 5.96. The molecule has 0 aromatic heterocycles. The van der Waals surface area contributed by atoms with Crippen LogP contribution in [0.15, 0.2) is 23.1 Å². The molecule has 0 bridgehead atoms. The summed E-state index contributed by atoms with van der Waals surface area (Å²) < 4.78 is 27.4. The Balaban J connectivity index is 3.10. The molecular formula is C12H16O5S. The largest absolute Gasteiger partial charge is 0.464 e. The number of rotatable bonds is 4. The Morgan fingerprint density at radius 2 is 2.06 bits per heavy atom. The van der Waals surface area contributed by atoms with Crippen molar-refractivity contribution in [2.75, 3.05) is 12.9 Å². The molecule has 0 aliphatic heterocycles. The van der Waals surface area contributed by atoms with Gasteiger partial charge in [0.1, 0.15) is 0 Å². The smallest absolute Gasteiger partial charge is 0.339 e. The van der Waals surface area contributed by atoms with Crippen molar-refractivity contribution in [1.29, 1.82) is 0 Å². The van der Waals surface area contributed by atoms with Crippen LogP contribution in [0.4, 0.5) is 0 Å². The fourth-order valence-electron chi connectivity index (χ4n) is 1.53. The lowest BCUT2D eigenvalue weighted by Crippen LogP contribution is -2.16. The van der Waals surface area contributed by atoms with Crippen LogP contribution in [0.1, 0.15) is 24.2 Å². The van der Waals surface area contributed by atoms with Gasteiger partial charge in [-0.15, -0.1) is 0 Å². The van der Waals surface area contributed by atoms with E-state index in [1.807, 2.05) is 0 Å². The van der Waals surface area contributed by atoms with Crippen molar-refractivity contribution >= 4 is 15.8 Å². The lowest BCUT2D eigenvalue weighted by Gasteiger charge is -2.13.